The fourth-order valence-corrected chi connectivity index (χ4v) is 4.26. The maximum absolute atomic E-state index is 13.3. The van der Waals surface area contributed by atoms with Gasteiger partial charge in [0.05, 0.1) is 18.2 Å². The molecule has 43 heavy (non-hydrogen) atoms. The molecule has 2 aromatic carbocycles. The molecule has 0 fully saturated rings. The van der Waals surface area contributed by atoms with E-state index < -0.39 is 29.5 Å². The number of aromatic nitrogens is 3. The number of nitrogens with two attached hydrogens (primary N) is 1. The number of benzene rings is 2. The second-order valence-corrected chi connectivity index (χ2v) is 9.99. The quantitative estimate of drug-likeness (QED) is 0.173. The van der Waals surface area contributed by atoms with Crippen molar-refractivity contribution >= 4 is 34.6 Å². The molecule has 12 nitrogen and oxygen atoms in total. The average molecular weight is 587 g/mol. The highest BCUT2D eigenvalue weighted by Crippen LogP contribution is 2.24. The largest absolute Gasteiger partial charge is 0.489 e. The van der Waals surface area contributed by atoms with Gasteiger partial charge in [-0.3, -0.25) is 14.4 Å². The van der Waals surface area contributed by atoms with Gasteiger partial charge in [0, 0.05) is 6.20 Å². The number of nitrogens with one attached hydrogen (secondary N) is 3. The average Bonchev–Trinajstić information content (AvgIpc) is 3.39. The number of carbonyl (C=O) groups excluding carboxylic acids is 3. The maximum Gasteiger partial charge on any atom is 0.408 e. The molecule has 224 valence electrons. The normalized spacial score (nSPS) is 11.9. The fourth-order valence-electron chi connectivity index (χ4n) is 4.26. The fraction of sp³-hybridized carbons (Fsp3) is 0.258. The van der Waals surface area contributed by atoms with E-state index in [-0.39, 0.29) is 37.8 Å². The summed E-state index contributed by atoms with van der Waals surface area (Å²) in [4.78, 5) is 57.9. The first kappa shape index (κ1) is 30.6. The summed E-state index contributed by atoms with van der Waals surface area (Å²) in [5.74, 6) is -0.0930. The van der Waals surface area contributed by atoms with Crippen molar-refractivity contribution in [2.24, 2.45) is 5.73 Å². The molecule has 2 heterocycles. The molecule has 0 saturated carbocycles. The Labute approximate surface area is 247 Å². The van der Waals surface area contributed by atoms with Crippen molar-refractivity contribution in [3.8, 4) is 5.75 Å². The van der Waals surface area contributed by atoms with E-state index in [1.807, 2.05) is 50.2 Å². The number of allylic oxidation sites excluding steroid dienone is 1. The van der Waals surface area contributed by atoms with Crippen molar-refractivity contribution in [1.29, 1.82) is 0 Å². The monoisotopic (exact) mass is 586 g/mol. The number of amides is 3. The summed E-state index contributed by atoms with van der Waals surface area (Å²) < 4.78 is 12.5. The minimum Gasteiger partial charge on any atom is -0.489 e. The third kappa shape index (κ3) is 8.80. The SMILES string of the molecule is CC(C)Oc1cccc2[nH]c(Cn3cccc(NC(=O)C(CCC=CC(N)=O)NC(=O)OCc4ccccc4)c3=O)nc12. The number of alkyl carbamates (subject to hydrolysis) is 1. The highest BCUT2D eigenvalue weighted by molar-refractivity contribution is 5.96. The third-order valence-electron chi connectivity index (χ3n) is 6.21. The lowest BCUT2D eigenvalue weighted by atomic mass is 10.1. The van der Waals surface area contributed by atoms with Crippen molar-refractivity contribution in [1.82, 2.24) is 19.9 Å². The zero-order chi connectivity index (χ0) is 30.8. The Kier molecular flexibility index (Phi) is 10.3. The lowest BCUT2D eigenvalue weighted by molar-refractivity contribution is -0.118. The van der Waals surface area contributed by atoms with E-state index >= 15 is 0 Å². The minimum atomic E-state index is -1.07. The summed E-state index contributed by atoms with van der Waals surface area (Å²) in [6, 6.07) is 16.7. The highest BCUT2D eigenvalue weighted by atomic mass is 16.5. The molecular weight excluding hydrogens is 552 g/mol. The lowest BCUT2D eigenvalue weighted by Crippen LogP contribution is -2.44. The Hall–Kier alpha value is -5.39. The van der Waals surface area contributed by atoms with E-state index in [9.17, 15) is 19.2 Å². The molecule has 0 aliphatic heterocycles. The van der Waals surface area contributed by atoms with Crippen LogP contribution in [-0.4, -0.2) is 44.6 Å². The summed E-state index contributed by atoms with van der Waals surface area (Å²) in [6.07, 6.45) is 3.80. The van der Waals surface area contributed by atoms with Crippen molar-refractivity contribution in [3.05, 3.63) is 101 Å². The number of carbonyl (C=O) groups is 3. The maximum atomic E-state index is 13.3. The second kappa shape index (κ2) is 14.5. The number of H-pyrrole nitrogens is 1. The van der Waals surface area contributed by atoms with E-state index in [1.54, 1.807) is 24.4 Å². The van der Waals surface area contributed by atoms with Crippen LogP contribution in [0.4, 0.5) is 10.5 Å². The Morgan fingerprint density at radius 2 is 1.86 bits per heavy atom. The van der Waals surface area contributed by atoms with Crippen LogP contribution in [0.2, 0.25) is 0 Å². The van der Waals surface area contributed by atoms with Gasteiger partial charge < -0.3 is 35.4 Å². The number of ether oxygens (including phenoxy) is 2. The van der Waals surface area contributed by atoms with Gasteiger partial charge in [-0.05, 0) is 62.6 Å². The Balaban J connectivity index is 1.47. The van der Waals surface area contributed by atoms with Crippen LogP contribution in [0.1, 0.15) is 38.1 Å². The van der Waals surface area contributed by atoms with Gasteiger partial charge in [-0.1, -0.05) is 42.5 Å². The van der Waals surface area contributed by atoms with E-state index in [2.05, 4.69) is 20.6 Å². The van der Waals surface area contributed by atoms with Gasteiger partial charge >= 0.3 is 6.09 Å². The predicted octanol–water partition coefficient (Wildman–Crippen LogP) is 3.62. The highest BCUT2D eigenvalue weighted by Gasteiger charge is 2.22. The molecule has 1 atom stereocenters. The second-order valence-electron chi connectivity index (χ2n) is 9.99. The van der Waals surface area contributed by atoms with Gasteiger partial charge in [-0.25, -0.2) is 9.78 Å². The zero-order valence-corrected chi connectivity index (χ0v) is 23.9. The molecule has 0 aliphatic carbocycles. The van der Waals surface area contributed by atoms with Crippen LogP contribution in [-0.2, 0) is 27.5 Å². The van der Waals surface area contributed by atoms with Crippen molar-refractivity contribution < 1.29 is 23.9 Å². The smallest absolute Gasteiger partial charge is 0.408 e. The molecular formula is C31H34N6O6. The first-order valence-corrected chi connectivity index (χ1v) is 13.8. The lowest BCUT2D eigenvalue weighted by Gasteiger charge is -2.18. The molecule has 0 aliphatic rings. The summed E-state index contributed by atoms with van der Waals surface area (Å²) in [5.41, 5.74) is 6.89. The Morgan fingerprint density at radius 1 is 1.07 bits per heavy atom. The van der Waals surface area contributed by atoms with Crippen LogP contribution in [0.25, 0.3) is 11.0 Å². The third-order valence-corrected chi connectivity index (χ3v) is 6.21. The Morgan fingerprint density at radius 3 is 2.60 bits per heavy atom. The molecule has 0 bridgehead atoms. The number of rotatable bonds is 13. The Bertz CT molecular complexity index is 1660. The number of hydrogen-bond donors (Lipinski definition) is 4. The summed E-state index contributed by atoms with van der Waals surface area (Å²) >= 11 is 0. The molecule has 2 aromatic heterocycles. The van der Waals surface area contributed by atoms with Crippen LogP contribution >= 0.6 is 0 Å². The van der Waals surface area contributed by atoms with Crippen LogP contribution in [0.15, 0.2) is 83.8 Å². The number of fused-ring (bicyclic) bond motifs is 1. The number of primary amides is 1. The first-order chi connectivity index (χ1) is 20.7. The number of anilines is 1. The molecule has 5 N–H and O–H groups in total. The van der Waals surface area contributed by atoms with Gasteiger partial charge in [0.1, 0.15) is 35.4 Å². The molecule has 4 rings (SSSR count). The van der Waals surface area contributed by atoms with Crippen molar-refractivity contribution in [2.45, 2.75) is 52.0 Å². The van der Waals surface area contributed by atoms with Crippen LogP contribution in [0.3, 0.4) is 0 Å². The van der Waals surface area contributed by atoms with E-state index in [4.69, 9.17) is 15.2 Å². The van der Waals surface area contributed by atoms with Crippen molar-refractivity contribution in [2.75, 3.05) is 5.32 Å². The zero-order valence-electron chi connectivity index (χ0n) is 23.9. The van der Waals surface area contributed by atoms with Crippen molar-refractivity contribution in [3.63, 3.8) is 0 Å². The van der Waals surface area contributed by atoms with Gasteiger partial charge in [-0.15, -0.1) is 0 Å². The number of nitrogens with zero attached hydrogens (tertiary/aromatic N) is 2. The van der Waals surface area contributed by atoms with Crippen LogP contribution in [0.5, 0.6) is 5.75 Å². The van der Waals surface area contributed by atoms with Crippen LogP contribution in [0, 0.1) is 0 Å². The molecule has 0 saturated heterocycles. The van der Waals surface area contributed by atoms with E-state index in [1.165, 1.54) is 22.8 Å². The summed E-state index contributed by atoms with van der Waals surface area (Å²) in [6.45, 7) is 3.98. The van der Waals surface area contributed by atoms with E-state index in [0.29, 0.717) is 17.1 Å². The molecule has 1 unspecified atom stereocenters. The van der Waals surface area contributed by atoms with Gasteiger partial charge in [0.2, 0.25) is 11.8 Å². The number of aromatic amines is 1. The minimum absolute atomic E-state index is 0.0128. The number of hydrogen-bond acceptors (Lipinski definition) is 7. The molecule has 12 heteroatoms. The summed E-state index contributed by atoms with van der Waals surface area (Å²) in [5, 5.41) is 5.16. The topological polar surface area (TPSA) is 170 Å². The van der Waals surface area contributed by atoms with E-state index in [0.717, 1.165) is 11.1 Å². The summed E-state index contributed by atoms with van der Waals surface area (Å²) in [7, 11) is 0. The molecule has 3 amide bonds. The molecule has 0 spiro atoms. The van der Waals surface area contributed by atoms with Gasteiger partial charge in [0.15, 0.2) is 0 Å². The number of para-hydroxylation sites is 1. The van der Waals surface area contributed by atoms with Crippen LogP contribution < -0.4 is 26.7 Å². The first-order valence-electron chi connectivity index (χ1n) is 13.8. The number of pyridine rings is 1. The molecule has 0 radical (unpaired) electrons. The number of imidazole rings is 1. The molecule has 4 aromatic rings. The standard InChI is InChI=1S/C31H34N6O6/c1-20(2)43-25-15-8-13-22-28(25)36-27(33-22)18-37-17-9-14-24(30(37)40)34-29(39)23(12-6-7-16-26(32)38)35-31(41)42-19-21-10-4-3-5-11-21/h3-5,7-11,13-17,20,23H,6,12,18-19H2,1-2H3,(H2,32,38)(H,33,36)(H,34,39)(H,35,41). The van der Waals surface area contributed by atoms with Gasteiger partial charge in [-0.2, -0.15) is 0 Å². The van der Waals surface area contributed by atoms with Gasteiger partial charge in [0.25, 0.3) is 5.56 Å². The predicted molar refractivity (Wildman–Crippen MR) is 161 cm³/mol.